The Labute approximate surface area is 130 Å². The summed E-state index contributed by atoms with van der Waals surface area (Å²) in [4.78, 5) is 18.1. The summed E-state index contributed by atoms with van der Waals surface area (Å²) in [5.41, 5.74) is 0.543. The maximum atomic E-state index is 12.1. The van der Waals surface area contributed by atoms with Crippen LogP contribution in [-0.4, -0.2) is 47.1 Å². The topological polar surface area (TPSA) is 65.5 Å². The number of aliphatic hydroxyl groups is 1. The van der Waals surface area contributed by atoms with E-state index in [2.05, 4.69) is 15.2 Å². The quantitative estimate of drug-likeness (QED) is 0.818. The van der Waals surface area contributed by atoms with Crippen molar-refractivity contribution in [3.8, 4) is 0 Å². The lowest BCUT2D eigenvalue weighted by atomic mass is 9.86. The fourth-order valence-corrected chi connectivity index (χ4v) is 2.96. The maximum Gasteiger partial charge on any atom is 0.238 e. The fraction of sp³-hybridized carbons (Fsp3) is 0.600. The molecule has 0 aromatic carbocycles. The van der Waals surface area contributed by atoms with Gasteiger partial charge in [0, 0.05) is 18.8 Å². The summed E-state index contributed by atoms with van der Waals surface area (Å²) in [6, 6.07) is 3.88. The first-order chi connectivity index (χ1) is 10.1. The second-order valence-electron chi connectivity index (χ2n) is 5.66. The molecule has 0 atom stereocenters. The Hall–Kier alpha value is -1.17. The van der Waals surface area contributed by atoms with Crippen LogP contribution in [0.3, 0.4) is 0 Å². The first-order valence-electron chi connectivity index (χ1n) is 7.31. The molecule has 1 aliphatic carbocycles. The SMILES string of the molecule is CN(CC(=O)Nc1cccnc1Cl)C1CCC(CO)CC1. The molecule has 2 N–H and O–H groups in total. The van der Waals surface area contributed by atoms with Crippen LogP contribution in [0.4, 0.5) is 5.69 Å². The normalized spacial score (nSPS) is 22.3. The number of halogens is 1. The average molecular weight is 312 g/mol. The number of nitrogens with one attached hydrogen (secondary N) is 1. The minimum atomic E-state index is -0.0864. The van der Waals surface area contributed by atoms with Crippen molar-refractivity contribution in [2.24, 2.45) is 5.92 Å². The molecule has 1 aromatic rings. The average Bonchev–Trinajstić information content (AvgIpc) is 2.49. The van der Waals surface area contributed by atoms with Crippen LogP contribution in [0.1, 0.15) is 25.7 Å². The molecule has 0 radical (unpaired) electrons. The molecule has 0 unspecified atom stereocenters. The summed E-state index contributed by atoms with van der Waals surface area (Å²) >= 11 is 5.92. The zero-order valence-electron chi connectivity index (χ0n) is 12.3. The van der Waals surface area contributed by atoms with Gasteiger partial charge in [0.25, 0.3) is 0 Å². The van der Waals surface area contributed by atoms with Crippen LogP contribution < -0.4 is 5.32 Å². The van der Waals surface area contributed by atoms with Crippen molar-refractivity contribution in [2.45, 2.75) is 31.7 Å². The Morgan fingerprint density at radius 3 is 2.81 bits per heavy atom. The molecule has 1 aliphatic rings. The molecule has 1 fully saturated rings. The molecule has 0 spiro atoms. The molecule has 21 heavy (non-hydrogen) atoms. The second-order valence-corrected chi connectivity index (χ2v) is 6.02. The molecular weight excluding hydrogens is 290 g/mol. The van der Waals surface area contributed by atoms with Gasteiger partial charge in [0.15, 0.2) is 5.15 Å². The largest absolute Gasteiger partial charge is 0.396 e. The maximum absolute atomic E-state index is 12.1. The predicted octanol–water partition coefficient (Wildman–Crippen LogP) is 2.16. The van der Waals surface area contributed by atoms with Gasteiger partial charge in [-0.25, -0.2) is 4.98 Å². The van der Waals surface area contributed by atoms with Crippen molar-refractivity contribution in [1.82, 2.24) is 9.88 Å². The molecule has 1 aromatic heterocycles. The number of aromatic nitrogens is 1. The van der Waals surface area contributed by atoms with Crippen LogP contribution in [0.25, 0.3) is 0 Å². The minimum Gasteiger partial charge on any atom is -0.396 e. The lowest BCUT2D eigenvalue weighted by Gasteiger charge is -2.33. The van der Waals surface area contributed by atoms with Crippen LogP contribution >= 0.6 is 11.6 Å². The van der Waals surface area contributed by atoms with Gasteiger partial charge in [-0.05, 0) is 50.8 Å². The number of pyridine rings is 1. The Balaban J connectivity index is 1.81. The standard InChI is InChI=1S/C15H22ClN3O2/c1-19(12-6-4-11(10-20)5-7-12)9-14(21)18-13-3-2-8-17-15(13)16/h2-3,8,11-12,20H,4-7,9-10H2,1H3,(H,18,21). The Kier molecular flexibility index (Phi) is 5.96. The van der Waals surface area contributed by atoms with Crippen LogP contribution in [-0.2, 0) is 4.79 Å². The number of carbonyl (C=O) groups excluding carboxylic acids is 1. The van der Waals surface area contributed by atoms with Gasteiger partial charge in [0.2, 0.25) is 5.91 Å². The summed E-state index contributed by atoms with van der Waals surface area (Å²) in [5, 5.41) is 12.2. The van der Waals surface area contributed by atoms with E-state index < -0.39 is 0 Å². The van der Waals surface area contributed by atoms with E-state index in [1.54, 1.807) is 18.3 Å². The van der Waals surface area contributed by atoms with E-state index in [1.807, 2.05) is 7.05 Å². The highest BCUT2D eigenvalue weighted by molar-refractivity contribution is 6.32. The van der Waals surface area contributed by atoms with E-state index in [-0.39, 0.29) is 12.5 Å². The molecular formula is C15H22ClN3O2. The van der Waals surface area contributed by atoms with Crippen molar-refractivity contribution in [3.05, 3.63) is 23.5 Å². The van der Waals surface area contributed by atoms with Crippen molar-refractivity contribution in [1.29, 1.82) is 0 Å². The van der Waals surface area contributed by atoms with Crippen molar-refractivity contribution in [2.75, 3.05) is 25.5 Å². The first-order valence-corrected chi connectivity index (χ1v) is 7.69. The van der Waals surface area contributed by atoms with Crippen LogP contribution in [0.15, 0.2) is 18.3 Å². The highest BCUT2D eigenvalue weighted by Gasteiger charge is 2.24. The van der Waals surface area contributed by atoms with E-state index >= 15 is 0 Å². The molecule has 0 aliphatic heterocycles. The molecule has 1 saturated carbocycles. The van der Waals surface area contributed by atoms with Crippen LogP contribution in [0.5, 0.6) is 0 Å². The van der Waals surface area contributed by atoms with Gasteiger partial charge >= 0.3 is 0 Å². The summed E-state index contributed by atoms with van der Waals surface area (Å²) in [6.07, 6.45) is 5.71. The number of aliphatic hydroxyl groups excluding tert-OH is 1. The summed E-state index contributed by atoms with van der Waals surface area (Å²) < 4.78 is 0. The Bertz CT molecular complexity index is 476. The molecule has 0 saturated heterocycles. The number of likely N-dealkylation sites (N-methyl/N-ethyl adjacent to an activating group) is 1. The third-order valence-electron chi connectivity index (χ3n) is 4.12. The van der Waals surface area contributed by atoms with Gasteiger partial charge in [-0.3, -0.25) is 9.69 Å². The molecule has 116 valence electrons. The van der Waals surface area contributed by atoms with Crippen LogP contribution in [0.2, 0.25) is 5.15 Å². The van der Waals surface area contributed by atoms with E-state index in [9.17, 15) is 4.79 Å². The molecule has 2 rings (SSSR count). The zero-order chi connectivity index (χ0) is 15.2. The number of amides is 1. The summed E-state index contributed by atoms with van der Waals surface area (Å²) in [6.45, 7) is 0.607. The van der Waals surface area contributed by atoms with E-state index in [0.717, 1.165) is 25.7 Å². The third-order valence-corrected chi connectivity index (χ3v) is 4.43. The lowest BCUT2D eigenvalue weighted by molar-refractivity contribution is -0.117. The summed E-state index contributed by atoms with van der Waals surface area (Å²) in [5.74, 6) is 0.342. The van der Waals surface area contributed by atoms with Gasteiger partial charge in [0.05, 0.1) is 12.2 Å². The first kappa shape index (κ1) is 16.2. The molecule has 6 heteroatoms. The smallest absolute Gasteiger partial charge is 0.238 e. The number of hydrogen-bond acceptors (Lipinski definition) is 4. The Morgan fingerprint density at radius 2 is 2.19 bits per heavy atom. The van der Waals surface area contributed by atoms with Crippen molar-refractivity contribution < 1.29 is 9.90 Å². The van der Waals surface area contributed by atoms with E-state index in [4.69, 9.17) is 16.7 Å². The van der Waals surface area contributed by atoms with Gasteiger partial charge in [-0.15, -0.1) is 0 Å². The van der Waals surface area contributed by atoms with Crippen molar-refractivity contribution >= 4 is 23.2 Å². The Morgan fingerprint density at radius 1 is 1.48 bits per heavy atom. The number of hydrogen-bond donors (Lipinski definition) is 2. The predicted molar refractivity (Wildman–Crippen MR) is 83.3 cm³/mol. The molecule has 1 heterocycles. The third kappa shape index (κ3) is 4.66. The summed E-state index contributed by atoms with van der Waals surface area (Å²) in [7, 11) is 1.97. The van der Waals surface area contributed by atoms with Gasteiger partial charge in [-0.2, -0.15) is 0 Å². The number of anilines is 1. The van der Waals surface area contributed by atoms with Crippen LogP contribution in [0, 0.1) is 5.92 Å². The minimum absolute atomic E-state index is 0.0864. The number of carbonyl (C=O) groups is 1. The zero-order valence-corrected chi connectivity index (χ0v) is 13.0. The molecule has 0 bridgehead atoms. The second kappa shape index (κ2) is 7.73. The fourth-order valence-electron chi connectivity index (χ4n) is 2.79. The lowest BCUT2D eigenvalue weighted by Crippen LogP contribution is -2.40. The van der Waals surface area contributed by atoms with E-state index in [0.29, 0.717) is 29.3 Å². The molecule has 1 amide bonds. The van der Waals surface area contributed by atoms with E-state index in [1.165, 1.54) is 0 Å². The highest BCUT2D eigenvalue weighted by Crippen LogP contribution is 2.26. The number of rotatable bonds is 5. The molecule has 5 nitrogen and oxygen atoms in total. The van der Waals surface area contributed by atoms with Gasteiger partial charge < -0.3 is 10.4 Å². The van der Waals surface area contributed by atoms with Gasteiger partial charge in [0.1, 0.15) is 0 Å². The monoisotopic (exact) mass is 311 g/mol. The highest BCUT2D eigenvalue weighted by atomic mass is 35.5. The number of nitrogens with zero attached hydrogens (tertiary/aromatic N) is 2. The van der Waals surface area contributed by atoms with Crippen molar-refractivity contribution in [3.63, 3.8) is 0 Å². The van der Waals surface area contributed by atoms with Gasteiger partial charge in [-0.1, -0.05) is 11.6 Å².